The van der Waals surface area contributed by atoms with E-state index < -0.39 is 36.4 Å². The standard InChI is InChI=1S/C27H27F3N2O5/c1-3-20-15-26(20,25(34)35)32(24(33)27(28,29)30)16-18-9-11-21(12-10-18)36-14-13-22-17(2)37-23(31-22)19-7-5-4-6-8-19/h3-12,20,24,33H,1,13-16H2,2H3,(H,34,35)/t20-,24?,26-/m1/s1. The van der Waals surface area contributed by atoms with Gasteiger partial charge in [0.25, 0.3) is 0 Å². The van der Waals surface area contributed by atoms with E-state index in [-0.39, 0.29) is 6.42 Å². The number of aliphatic carboxylic acids is 1. The van der Waals surface area contributed by atoms with Gasteiger partial charge in [0.05, 0.1) is 12.3 Å². The number of rotatable bonds is 11. The van der Waals surface area contributed by atoms with Crippen LogP contribution in [0.1, 0.15) is 23.4 Å². The highest BCUT2D eigenvalue weighted by Gasteiger charge is 2.66. The van der Waals surface area contributed by atoms with Crippen LogP contribution in [0.3, 0.4) is 0 Å². The lowest BCUT2D eigenvalue weighted by molar-refractivity contribution is -0.262. The molecule has 4 rings (SSSR count). The summed E-state index contributed by atoms with van der Waals surface area (Å²) in [4.78, 5) is 17.0. The van der Waals surface area contributed by atoms with Gasteiger partial charge in [-0.15, -0.1) is 6.58 Å². The lowest BCUT2D eigenvalue weighted by Crippen LogP contribution is -2.55. The van der Waals surface area contributed by atoms with E-state index >= 15 is 0 Å². The number of hydrogen-bond acceptors (Lipinski definition) is 6. The van der Waals surface area contributed by atoms with Crippen molar-refractivity contribution in [3.05, 3.63) is 84.3 Å². The van der Waals surface area contributed by atoms with E-state index in [4.69, 9.17) is 9.15 Å². The maximum absolute atomic E-state index is 13.4. The Balaban J connectivity index is 1.40. The Morgan fingerprint density at radius 1 is 1.27 bits per heavy atom. The Morgan fingerprint density at radius 3 is 2.51 bits per heavy atom. The van der Waals surface area contributed by atoms with Gasteiger partial charge in [0, 0.05) is 24.4 Å². The third-order valence-corrected chi connectivity index (χ3v) is 6.54. The Bertz CT molecular complexity index is 1240. The molecule has 37 heavy (non-hydrogen) atoms. The molecule has 0 amide bonds. The minimum absolute atomic E-state index is 0.0619. The summed E-state index contributed by atoms with van der Waals surface area (Å²) in [5, 5.41) is 19.7. The first-order valence-electron chi connectivity index (χ1n) is 11.7. The van der Waals surface area contributed by atoms with E-state index in [1.54, 1.807) is 24.3 Å². The fourth-order valence-corrected chi connectivity index (χ4v) is 4.39. The second kappa shape index (κ2) is 10.4. The highest BCUT2D eigenvalue weighted by Crippen LogP contribution is 2.52. The number of carbonyl (C=O) groups is 1. The molecular formula is C27H27F3N2O5. The molecule has 0 bridgehead atoms. The number of alkyl halides is 3. The quantitative estimate of drug-likeness (QED) is 0.274. The summed E-state index contributed by atoms with van der Waals surface area (Å²) in [6.45, 7) is 5.22. The molecule has 1 fully saturated rings. The van der Waals surface area contributed by atoms with Crippen molar-refractivity contribution in [1.82, 2.24) is 9.88 Å². The normalized spacial score (nSPS) is 20.0. The fourth-order valence-electron chi connectivity index (χ4n) is 4.39. The zero-order valence-corrected chi connectivity index (χ0v) is 20.1. The number of halogens is 3. The number of oxazole rings is 1. The molecule has 1 heterocycles. The van der Waals surface area contributed by atoms with Crippen molar-refractivity contribution in [3.8, 4) is 17.2 Å². The van der Waals surface area contributed by atoms with E-state index in [0.717, 1.165) is 11.3 Å². The number of aromatic nitrogens is 1. The number of carboxylic acids is 1. The highest BCUT2D eigenvalue weighted by atomic mass is 19.4. The van der Waals surface area contributed by atoms with Crippen LogP contribution in [0.4, 0.5) is 13.2 Å². The topological polar surface area (TPSA) is 96.0 Å². The molecule has 1 saturated carbocycles. The molecule has 2 aromatic carbocycles. The fraction of sp³-hybridized carbons (Fsp3) is 0.333. The van der Waals surface area contributed by atoms with Crippen LogP contribution >= 0.6 is 0 Å². The van der Waals surface area contributed by atoms with Crippen molar-refractivity contribution >= 4 is 5.97 Å². The average Bonchev–Trinajstić information content (AvgIpc) is 3.51. The minimum atomic E-state index is -5.01. The predicted octanol–water partition coefficient (Wildman–Crippen LogP) is 4.98. The van der Waals surface area contributed by atoms with Crippen LogP contribution in [-0.2, 0) is 17.8 Å². The number of ether oxygens (including phenoxy) is 1. The lowest BCUT2D eigenvalue weighted by Gasteiger charge is -2.35. The van der Waals surface area contributed by atoms with E-state index in [0.29, 0.717) is 40.9 Å². The maximum atomic E-state index is 13.4. The molecule has 1 unspecified atom stereocenters. The summed E-state index contributed by atoms with van der Waals surface area (Å²) in [5.74, 6) is -0.436. The van der Waals surface area contributed by atoms with Crippen molar-refractivity contribution in [1.29, 1.82) is 0 Å². The van der Waals surface area contributed by atoms with E-state index in [1.165, 1.54) is 6.08 Å². The maximum Gasteiger partial charge on any atom is 0.428 e. The van der Waals surface area contributed by atoms with Gasteiger partial charge < -0.3 is 19.4 Å². The Labute approximate surface area is 211 Å². The Hall–Kier alpha value is -3.63. The molecule has 0 spiro atoms. The highest BCUT2D eigenvalue weighted by molar-refractivity contribution is 5.84. The van der Waals surface area contributed by atoms with Crippen molar-refractivity contribution < 1.29 is 37.3 Å². The van der Waals surface area contributed by atoms with E-state index in [9.17, 15) is 28.2 Å². The van der Waals surface area contributed by atoms with Crippen molar-refractivity contribution in [2.24, 2.45) is 5.92 Å². The summed E-state index contributed by atoms with van der Waals surface area (Å²) in [6.07, 6.45) is -6.22. The second-order valence-corrected chi connectivity index (χ2v) is 8.95. The van der Waals surface area contributed by atoms with Gasteiger partial charge in [0.1, 0.15) is 17.0 Å². The Kier molecular flexibility index (Phi) is 7.42. The van der Waals surface area contributed by atoms with Crippen LogP contribution in [0.25, 0.3) is 11.5 Å². The monoisotopic (exact) mass is 516 g/mol. The molecule has 1 aliphatic carbocycles. The van der Waals surface area contributed by atoms with E-state index in [2.05, 4.69) is 11.6 Å². The molecule has 1 aromatic heterocycles. The molecule has 196 valence electrons. The van der Waals surface area contributed by atoms with Crippen LogP contribution in [0.15, 0.2) is 71.7 Å². The first-order valence-corrected chi connectivity index (χ1v) is 11.7. The molecule has 2 N–H and O–H groups in total. The summed E-state index contributed by atoms with van der Waals surface area (Å²) >= 11 is 0. The molecular weight excluding hydrogens is 489 g/mol. The van der Waals surface area contributed by atoms with Crippen molar-refractivity contribution in [2.45, 2.75) is 44.3 Å². The number of benzene rings is 2. The van der Waals surface area contributed by atoms with Crippen LogP contribution in [0.5, 0.6) is 5.75 Å². The summed E-state index contributed by atoms with van der Waals surface area (Å²) < 4.78 is 51.7. The van der Waals surface area contributed by atoms with Gasteiger partial charge in [0.15, 0.2) is 0 Å². The number of aliphatic hydroxyl groups excluding tert-OH is 1. The van der Waals surface area contributed by atoms with Gasteiger partial charge >= 0.3 is 12.1 Å². The van der Waals surface area contributed by atoms with Crippen LogP contribution < -0.4 is 4.74 Å². The van der Waals surface area contributed by atoms with Crippen molar-refractivity contribution in [3.63, 3.8) is 0 Å². The van der Waals surface area contributed by atoms with Crippen molar-refractivity contribution in [2.75, 3.05) is 6.61 Å². The zero-order valence-electron chi connectivity index (χ0n) is 20.1. The summed E-state index contributed by atoms with van der Waals surface area (Å²) in [5.41, 5.74) is 0.159. The smallest absolute Gasteiger partial charge is 0.428 e. The minimum Gasteiger partial charge on any atom is -0.493 e. The van der Waals surface area contributed by atoms with E-state index in [1.807, 2.05) is 37.3 Å². The first kappa shape index (κ1) is 26.4. The van der Waals surface area contributed by atoms with Gasteiger partial charge in [-0.2, -0.15) is 13.2 Å². The number of hydrogen-bond donors (Lipinski definition) is 2. The van der Waals surface area contributed by atoms with Crippen LogP contribution in [0, 0.1) is 12.8 Å². The molecule has 1 aliphatic rings. The van der Waals surface area contributed by atoms with Gasteiger partial charge in [-0.05, 0) is 43.2 Å². The molecule has 7 nitrogen and oxygen atoms in total. The number of aryl methyl sites for hydroxylation is 1. The van der Waals surface area contributed by atoms with Gasteiger partial charge in [-0.25, -0.2) is 9.88 Å². The molecule has 0 saturated heterocycles. The Morgan fingerprint density at radius 2 is 1.95 bits per heavy atom. The number of aliphatic hydroxyl groups is 1. The number of nitrogens with zero attached hydrogens (tertiary/aromatic N) is 2. The molecule has 3 atom stereocenters. The number of carboxylic acid groups (broad SMARTS) is 1. The van der Waals surface area contributed by atoms with Crippen LogP contribution in [-0.4, -0.2) is 50.6 Å². The second-order valence-electron chi connectivity index (χ2n) is 8.95. The molecule has 0 aliphatic heterocycles. The zero-order chi connectivity index (χ0) is 26.8. The third kappa shape index (κ3) is 5.55. The largest absolute Gasteiger partial charge is 0.493 e. The SMILES string of the molecule is C=C[C@@H]1C[C@@]1(C(=O)O)N(Cc1ccc(OCCc2nc(-c3ccccc3)oc2C)cc1)C(O)C(F)(F)F. The van der Waals surface area contributed by atoms with Crippen LogP contribution in [0.2, 0.25) is 0 Å². The predicted molar refractivity (Wildman–Crippen MR) is 129 cm³/mol. The lowest BCUT2D eigenvalue weighted by atomic mass is 10.1. The van der Waals surface area contributed by atoms with Gasteiger partial charge in [0.2, 0.25) is 12.1 Å². The molecule has 10 heteroatoms. The third-order valence-electron chi connectivity index (χ3n) is 6.54. The molecule has 0 radical (unpaired) electrons. The first-order chi connectivity index (χ1) is 17.6. The summed E-state index contributed by atoms with van der Waals surface area (Å²) in [6, 6.07) is 15.8. The summed E-state index contributed by atoms with van der Waals surface area (Å²) in [7, 11) is 0. The van der Waals surface area contributed by atoms with Gasteiger partial charge in [-0.3, -0.25) is 4.79 Å². The van der Waals surface area contributed by atoms with Gasteiger partial charge in [-0.1, -0.05) is 36.4 Å². The molecule has 3 aromatic rings. The average molecular weight is 517 g/mol.